The van der Waals surface area contributed by atoms with E-state index in [9.17, 15) is 4.79 Å². The molecule has 5 aromatic rings. The highest BCUT2D eigenvalue weighted by atomic mass is 35.5. The van der Waals surface area contributed by atoms with E-state index >= 15 is 0 Å². The number of aromatic nitrogens is 5. The van der Waals surface area contributed by atoms with E-state index in [1.165, 1.54) is 12.7 Å². The molecule has 5 heterocycles. The fourth-order valence-corrected chi connectivity index (χ4v) is 5.71. The highest BCUT2D eigenvalue weighted by molar-refractivity contribution is 7.19. The maximum Gasteiger partial charge on any atom is 0.410 e. The van der Waals surface area contributed by atoms with Crippen molar-refractivity contribution in [2.75, 3.05) is 11.9 Å². The lowest BCUT2D eigenvalue weighted by atomic mass is 10.1. The second kappa shape index (κ2) is 9.41. The summed E-state index contributed by atoms with van der Waals surface area (Å²) in [6.07, 6.45) is 5.16. The molecule has 0 saturated carbocycles. The minimum atomic E-state index is -0.535. The predicted molar refractivity (Wildman–Crippen MR) is 146 cm³/mol. The standard InChI is InChI=1S/C26H24ClN7O3S/c1-26(2,3)37-25(35)33-9-8-17-20(12-33)38-24-22(17)23(29-13-30-24)32-15-4-6-19(18(27)10-15)36-16-5-7-21-28-14-31-34(21)11-16/h4-7,10-11,13-14H,8-9,12H2,1-3H3,(H,29,30,32). The molecule has 0 unspecified atom stereocenters. The molecule has 1 N–H and O–H groups in total. The number of ether oxygens (including phenoxy) is 2. The maximum atomic E-state index is 12.6. The number of amides is 1. The first-order valence-electron chi connectivity index (χ1n) is 12.0. The van der Waals surface area contributed by atoms with Crippen molar-refractivity contribution in [3.05, 3.63) is 64.6 Å². The fourth-order valence-electron chi connectivity index (χ4n) is 4.29. The average Bonchev–Trinajstić information content (AvgIpc) is 3.48. The van der Waals surface area contributed by atoms with Gasteiger partial charge < -0.3 is 19.7 Å². The Morgan fingerprint density at radius 2 is 2.00 bits per heavy atom. The lowest BCUT2D eigenvalue weighted by molar-refractivity contribution is 0.0227. The monoisotopic (exact) mass is 549 g/mol. The molecule has 194 valence electrons. The number of carbonyl (C=O) groups excluding carboxylic acids is 1. The Morgan fingerprint density at radius 3 is 2.82 bits per heavy atom. The van der Waals surface area contributed by atoms with Crippen LogP contribution < -0.4 is 10.1 Å². The third-order valence-corrected chi connectivity index (χ3v) is 7.38. The van der Waals surface area contributed by atoms with Gasteiger partial charge in [-0.1, -0.05) is 11.6 Å². The van der Waals surface area contributed by atoms with Crippen molar-refractivity contribution >= 4 is 56.4 Å². The Morgan fingerprint density at radius 1 is 1.13 bits per heavy atom. The van der Waals surface area contributed by atoms with Gasteiger partial charge in [-0.3, -0.25) is 0 Å². The first-order chi connectivity index (χ1) is 18.2. The normalized spacial score (nSPS) is 13.5. The lowest BCUT2D eigenvalue weighted by Gasteiger charge is -2.30. The first kappa shape index (κ1) is 24.4. The second-order valence-corrected chi connectivity index (χ2v) is 11.3. The van der Waals surface area contributed by atoms with Crippen molar-refractivity contribution in [3.63, 3.8) is 0 Å². The number of pyridine rings is 1. The van der Waals surface area contributed by atoms with E-state index in [1.807, 2.05) is 39.0 Å². The number of nitrogens with zero attached hydrogens (tertiary/aromatic N) is 6. The van der Waals surface area contributed by atoms with Gasteiger partial charge in [-0.05, 0) is 63.1 Å². The van der Waals surface area contributed by atoms with Crippen LogP contribution in [0.5, 0.6) is 11.5 Å². The van der Waals surface area contributed by atoms with Gasteiger partial charge in [-0.15, -0.1) is 11.3 Å². The molecule has 1 aliphatic rings. The highest BCUT2D eigenvalue weighted by Gasteiger charge is 2.29. The van der Waals surface area contributed by atoms with Crippen LogP contribution in [0, 0.1) is 0 Å². The summed E-state index contributed by atoms with van der Waals surface area (Å²) in [6.45, 7) is 6.67. The van der Waals surface area contributed by atoms with Crippen LogP contribution in [-0.2, 0) is 17.7 Å². The smallest absolute Gasteiger partial charge is 0.410 e. The maximum absolute atomic E-state index is 12.6. The number of thiophene rings is 1. The molecular formula is C26H24ClN7O3S. The van der Waals surface area contributed by atoms with Gasteiger partial charge in [-0.25, -0.2) is 24.3 Å². The number of fused-ring (bicyclic) bond motifs is 4. The average molecular weight is 550 g/mol. The summed E-state index contributed by atoms with van der Waals surface area (Å²) in [7, 11) is 0. The number of nitrogens with one attached hydrogen (secondary N) is 1. The molecule has 0 fully saturated rings. The lowest BCUT2D eigenvalue weighted by Crippen LogP contribution is -2.39. The number of rotatable bonds is 4. The molecule has 0 bridgehead atoms. The zero-order valence-electron chi connectivity index (χ0n) is 20.9. The van der Waals surface area contributed by atoms with Gasteiger partial charge in [-0.2, -0.15) is 5.10 Å². The molecule has 0 radical (unpaired) electrons. The van der Waals surface area contributed by atoms with E-state index in [0.717, 1.165) is 32.0 Å². The van der Waals surface area contributed by atoms with E-state index < -0.39 is 5.60 Å². The molecule has 1 aromatic carbocycles. The van der Waals surface area contributed by atoms with Crippen molar-refractivity contribution in [3.8, 4) is 11.5 Å². The van der Waals surface area contributed by atoms with Crippen LogP contribution in [0.25, 0.3) is 15.9 Å². The minimum Gasteiger partial charge on any atom is -0.454 e. The first-order valence-corrected chi connectivity index (χ1v) is 13.2. The van der Waals surface area contributed by atoms with Crippen molar-refractivity contribution in [2.45, 2.75) is 39.3 Å². The number of hydrogen-bond acceptors (Lipinski definition) is 9. The Balaban J connectivity index is 1.22. The Kier molecular flexibility index (Phi) is 6.04. The third kappa shape index (κ3) is 4.82. The number of anilines is 2. The Bertz CT molecular complexity index is 1680. The van der Waals surface area contributed by atoms with E-state index in [-0.39, 0.29) is 6.09 Å². The second-order valence-electron chi connectivity index (χ2n) is 9.86. The number of carbonyl (C=O) groups is 1. The number of hydrogen-bond donors (Lipinski definition) is 1. The van der Waals surface area contributed by atoms with E-state index in [2.05, 4.69) is 25.4 Å². The van der Waals surface area contributed by atoms with Crippen LogP contribution in [0.15, 0.2) is 49.2 Å². The summed E-state index contributed by atoms with van der Waals surface area (Å²) >= 11 is 8.14. The predicted octanol–water partition coefficient (Wildman–Crippen LogP) is 6.22. The summed E-state index contributed by atoms with van der Waals surface area (Å²) in [5, 5.41) is 8.93. The van der Waals surface area contributed by atoms with Crippen LogP contribution in [0.4, 0.5) is 16.3 Å². The number of benzene rings is 1. The van der Waals surface area contributed by atoms with Gasteiger partial charge in [0.15, 0.2) is 5.65 Å². The van der Waals surface area contributed by atoms with Crippen LogP contribution in [0.1, 0.15) is 31.2 Å². The Hall–Kier alpha value is -3.96. The fraction of sp³-hybridized carbons (Fsp3) is 0.269. The SMILES string of the molecule is CC(C)(C)OC(=O)N1CCc2c(sc3ncnc(Nc4ccc(Oc5ccc6ncnn6c5)c(Cl)c4)c23)C1. The van der Waals surface area contributed by atoms with Crippen LogP contribution >= 0.6 is 22.9 Å². The highest BCUT2D eigenvalue weighted by Crippen LogP contribution is 2.39. The molecule has 0 aliphatic carbocycles. The van der Waals surface area contributed by atoms with Gasteiger partial charge in [0.25, 0.3) is 0 Å². The summed E-state index contributed by atoms with van der Waals surface area (Å²) in [6, 6.07) is 9.11. The largest absolute Gasteiger partial charge is 0.454 e. The van der Waals surface area contributed by atoms with Gasteiger partial charge in [0, 0.05) is 17.1 Å². The zero-order chi connectivity index (χ0) is 26.4. The van der Waals surface area contributed by atoms with Crippen molar-refractivity contribution in [1.29, 1.82) is 0 Å². The summed E-state index contributed by atoms with van der Waals surface area (Å²) < 4.78 is 13.2. The molecule has 38 heavy (non-hydrogen) atoms. The summed E-state index contributed by atoms with van der Waals surface area (Å²) in [5.41, 5.74) is 2.11. The molecule has 10 nitrogen and oxygen atoms in total. The zero-order valence-corrected chi connectivity index (χ0v) is 22.5. The number of halogens is 1. The van der Waals surface area contributed by atoms with Gasteiger partial charge in [0.2, 0.25) is 0 Å². The molecule has 6 rings (SSSR count). The van der Waals surface area contributed by atoms with Gasteiger partial charge in [0.05, 0.1) is 23.2 Å². The summed E-state index contributed by atoms with van der Waals surface area (Å²) in [4.78, 5) is 29.4. The van der Waals surface area contributed by atoms with Gasteiger partial charge >= 0.3 is 6.09 Å². The van der Waals surface area contributed by atoms with E-state index in [1.54, 1.807) is 39.1 Å². The molecule has 4 aromatic heterocycles. The molecule has 12 heteroatoms. The van der Waals surface area contributed by atoms with Crippen LogP contribution in [-0.4, -0.2) is 47.7 Å². The topological polar surface area (TPSA) is 107 Å². The molecule has 0 spiro atoms. The van der Waals surface area contributed by atoms with Crippen LogP contribution in [0.3, 0.4) is 0 Å². The molecule has 1 aliphatic heterocycles. The molecule has 0 atom stereocenters. The quantitative estimate of drug-likeness (QED) is 0.282. The molecular weight excluding hydrogens is 526 g/mol. The summed E-state index contributed by atoms with van der Waals surface area (Å²) in [5.74, 6) is 1.80. The third-order valence-electron chi connectivity index (χ3n) is 5.96. The van der Waals surface area contributed by atoms with Crippen molar-refractivity contribution < 1.29 is 14.3 Å². The van der Waals surface area contributed by atoms with E-state index in [4.69, 9.17) is 21.1 Å². The molecule has 1 amide bonds. The molecule has 0 saturated heterocycles. The van der Waals surface area contributed by atoms with Crippen molar-refractivity contribution in [1.82, 2.24) is 29.5 Å². The van der Waals surface area contributed by atoms with Gasteiger partial charge in [0.1, 0.15) is 40.4 Å². The van der Waals surface area contributed by atoms with E-state index in [0.29, 0.717) is 41.8 Å². The Labute approximate surface area is 227 Å². The van der Waals surface area contributed by atoms with Crippen LogP contribution in [0.2, 0.25) is 5.02 Å². The van der Waals surface area contributed by atoms with Crippen molar-refractivity contribution in [2.24, 2.45) is 0 Å². The minimum absolute atomic E-state index is 0.303.